The first kappa shape index (κ1) is 18.1. The van der Waals surface area contributed by atoms with Crippen molar-refractivity contribution in [2.75, 3.05) is 11.9 Å². The molecular weight excluding hydrogens is 383 g/mol. The summed E-state index contributed by atoms with van der Waals surface area (Å²) in [5.74, 6) is -0.963. The van der Waals surface area contributed by atoms with E-state index in [1.807, 2.05) is 0 Å². The molecule has 0 spiro atoms. The number of carboxylic acids is 1. The number of urea groups is 1. The lowest BCUT2D eigenvalue weighted by Crippen LogP contribution is -2.42. The van der Waals surface area contributed by atoms with Crippen LogP contribution in [0.15, 0.2) is 16.6 Å². The molecule has 0 aliphatic heterocycles. The van der Waals surface area contributed by atoms with Crippen LogP contribution in [-0.2, 0) is 4.79 Å². The van der Waals surface area contributed by atoms with E-state index in [4.69, 9.17) is 28.3 Å². The number of carbonyl (C=O) groups is 2. The summed E-state index contributed by atoms with van der Waals surface area (Å²) in [4.78, 5) is 23.0. The molecule has 2 amide bonds. The molecule has 0 radical (unpaired) electrons. The van der Waals surface area contributed by atoms with Crippen LogP contribution < -0.4 is 10.6 Å². The standard InChI is InChI=1S/C13H15BrCl2N2O3/c1-3-13(2,11(19)20)6-17-12(21)18-8-5-4-7(14)9(15)10(8)16/h4-5H,3,6H2,1-2H3,(H,19,20)(H2,17,18,21). The van der Waals surface area contributed by atoms with Crippen LogP contribution in [0.2, 0.25) is 10.0 Å². The van der Waals surface area contributed by atoms with Gasteiger partial charge in [-0.3, -0.25) is 4.79 Å². The maximum absolute atomic E-state index is 11.8. The highest BCUT2D eigenvalue weighted by Crippen LogP contribution is 2.35. The highest BCUT2D eigenvalue weighted by atomic mass is 79.9. The molecule has 0 fully saturated rings. The summed E-state index contributed by atoms with van der Waals surface area (Å²) in [7, 11) is 0. The second kappa shape index (κ2) is 7.33. The Hall–Kier alpha value is -0.980. The highest BCUT2D eigenvalue weighted by molar-refractivity contribution is 9.10. The number of aliphatic carboxylic acids is 1. The first-order valence-corrected chi connectivity index (χ1v) is 7.68. The third-order valence-electron chi connectivity index (χ3n) is 3.22. The second-order valence-corrected chi connectivity index (χ2v) is 6.36. The van der Waals surface area contributed by atoms with Crippen LogP contribution in [-0.4, -0.2) is 23.7 Å². The van der Waals surface area contributed by atoms with Crippen molar-refractivity contribution < 1.29 is 14.7 Å². The molecule has 1 atom stereocenters. The number of hydrogen-bond acceptors (Lipinski definition) is 2. The lowest BCUT2D eigenvalue weighted by molar-refractivity contribution is -0.147. The minimum absolute atomic E-state index is 0.00649. The molecule has 0 saturated carbocycles. The van der Waals surface area contributed by atoms with E-state index >= 15 is 0 Å². The van der Waals surface area contributed by atoms with Crippen molar-refractivity contribution in [2.24, 2.45) is 5.41 Å². The van der Waals surface area contributed by atoms with E-state index in [0.29, 0.717) is 21.6 Å². The topological polar surface area (TPSA) is 78.4 Å². The summed E-state index contributed by atoms with van der Waals surface area (Å²) >= 11 is 15.2. The number of carboxylic acid groups (broad SMARTS) is 1. The van der Waals surface area contributed by atoms with Gasteiger partial charge in [-0.15, -0.1) is 0 Å². The van der Waals surface area contributed by atoms with Gasteiger partial charge in [0.25, 0.3) is 0 Å². The summed E-state index contributed by atoms with van der Waals surface area (Å²) in [6.07, 6.45) is 0.396. The van der Waals surface area contributed by atoms with Gasteiger partial charge in [0, 0.05) is 11.0 Å². The molecule has 0 aliphatic carbocycles. The molecule has 1 rings (SSSR count). The SMILES string of the molecule is CCC(C)(CNC(=O)Nc1ccc(Br)c(Cl)c1Cl)C(=O)O. The van der Waals surface area contributed by atoms with Crippen LogP contribution in [0.3, 0.4) is 0 Å². The molecule has 8 heteroatoms. The zero-order valence-electron chi connectivity index (χ0n) is 11.5. The van der Waals surface area contributed by atoms with Crippen molar-refractivity contribution >= 4 is 56.8 Å². The van der Waals surface area contributed by atoms with E-state index in [1.54, 1.807) is 26.0 Å². The Bertz CT molecular complexity index is 569. The number of anilines is 1. The molecule has 1 aromatic rings. The van der Waals surface area contributed by atoms with E-state index in [9.17, 15) is 9.59 Å². The molecule has 116 valence electrons. The fraction of sp³-hybridized carbons (Fsp3) is 0.385. The van der Waals surface area contributed by atoms with Crippen LogP contribution in [0.5, 0.6) is 0 Å². The van der Waals surface area contributed by atoms with Crippen molar-refractivity contribution in [2.45, 2.75) is 20.3 Å². The van der Waals surface area contributed by atoms with Gasteiger partial charge >= 0.3 is 12.0 Å². The lowest BCUT2D eigenvalue weighted by Gasteiger charge is -2.23. The fourth-order valence-corrected chi connectivity index (χ4v) is 2.24. The van der Waals surface area contributed by atoms with Crippen molar-refractivity contribution in [1.82, 2.24) is 5.32 Å². The van der Waals surface area contributed by atoms with E-state index in [-0.39, 0.29) is 11.6 Å². The largest absolute Gasteiger partial charge is 0.481 e. The van der Waals surface area contributed by atoms with Gasteiger partial charge in [0.1, 0.15) is 0 Å². The van der Waals surface area contributed by atoms with Crippen molar-refractivity contribution in [3.05, 3.63) is 26.7 Å². The zero-order chi connectivity index (χ0) is 16.2. The Morgan fingerprint density at radius 2 is 1.95 bits per heavy atom. The van der Waals surface area contributed by atoms with E-state index in [0.717, 1.165) is 0 Å². The number of rotatable bonds is 5. The van der Waals surface area contributed by atoms with Gasteiger partial charge in [0.05, 0.1) is 21.1 Å². The van der Waals surface area contributed by atoms with Crippen LogP contribution in [0.25, 0.3) is 0 Å². The van der Waals surface area contributed by atoms with E-state index < -0.39 is 17.4 Å². The minimum Gasteiger partial charge on any atom is -0.481 e. The average molecular weight is 398 g/mol. The summed E-state index contributed by atoms with van der Waals surface area (Å²) in [5.41, 5.74) is -0.672. The Labute approximate surface area is 141 Å². The highest BCUT2D eigenvalue weighted by Gasteiger charge is 2.31. The van der Waals surface area contributed by atoms with Crippen molar-refractivity contribution in [3.8, 4) is 0 Å². The van der Waals surface area contributed by atoms with Crippen molar-refractivity contribution in [1.29, 1.82) is 0 Å². The maximum Gasteiger partial charge on any atom is 0.319 e. The first-order chi connectivity index (χ1) is 9.71. The zero-order valence-corrected chi connectivity index (χ0v) is 14.6. The molecule has 1 aromatic carbocycles. The number of nitrogens with one attached hydrogen (secondary N) is 2. The summed E-state index contributed by atoms with van der Waals surface area (Å²) in [6.45, 7) is 3.32. The summed E-state index contributed by atoms with van der Waals surface area (Å²) in [6, 6.07) is 2.70. The Morgan fingerprint density at radius 1 is 1.33 bits per heavy atom. The predicted molar refractivity (Wildman–Crippen MR) is 87.2 cm³/mol. The third-order valence-corrected chi connectivity index (χ3v) is 4.99. The van der Waals surface area contributed by atoms with E-state index in [1.165, 1.54) is 0 Å². The van der Waals surface area contributed by atoms with Gasteiger partial charge in [0.2, 0.25) is 0 Å². The van der Waals surface area contributed by atoms with E-state index in [2.05, 4.69) is 26.6 Å². The monoisotopic (exact) mass is 396 g/mol. The molecule has 0 aliphatic rings. The minimum atomic E-state index is -1.02. The van der Waals surface area contributed by atoms with Crippen LogP contribution in [0.4, 0.5) is 10.5 Å². The number of amides is 2. The molecule has 0 aromatic heterocycles. The smallest absolute Gasteiger partial charge is 0.319 e. The predicted octanol–water partition coefficient (Wildman–Crippen LogP) is 4.38. The fourth-order valence-electron chi connectivity index (χ4n) is 1.42. The lowest BCUT2D eigenvalue weighted by atomic mass is 9.88. The maximum atomic E-state index is 11.8. The summed E-state index contributed by atoms with van der Waals surface area (Å²) < 4.78 is 0.615. The number of carbonyl (C=O) groups excluding carboxylic acids is 1. The van der Waals surface area contributed by atoms with Gasteiger partial charge in [-0.05, 0) is 41.4 Å². The molecule has 21 heavy (non-hydrogen) atoms. The normalized spacial score (nSPS) is 13.4. The quantitative estimate of drug-likeness (QED) is 0.645. The van der Waals surface area contributed by atoms with Gasteiger partial charge in [0.15, 0.2) is 0 Å². The van der Waals surface area contributed by atoms with Gasteiger partial charge < -0.3 is 15.7 Å². The molecule has 0 saturated heterocycles. The van der Waals surface area contributed by atoms with Crippen LogP contribution >= 0.6 is 39.1 Å². The number of halogens is 3. The molecule has 0 bridgehead atoms. The van der Waals surface area contributed by atoms with Gasteiger partial charge in [-0.2, -0.15) is 0 Å². The third kappa shape index (κ3) is 4.49. The van der Waals surface area contributed by atoms with Crippen molar-refractivity contribution in [3.63, 3.8) is 0 Å². The molecule has 3 N–H and O–H groups in total. The Kier molecular flexibility index (Phi) is 6.31. The summed E-state index contributed by atoms with van der Waals surface area (Å²) in [5, 5.41) is 14.7. The molecule has 1 unspecified atom stereocenters. The molecule has 0 heterocycles. The number of hydrogen-bond donors (Lipinski definition) is 3. The second-order valence-electron chi connectivity index (χ2n) is 4.75. The van der Waals surface area contributed by atoms with Crippen LogP contribution in [0.1, 0.15) is 20.3 Å². The molecular formula is C13H15BrCl2N2O3. The average Bonchev–Trinajstić information content (AvgIpc) is 2.45. The first-order valence-electron chi connectivity index (χ1n) is 6.13. The van der Waals surface area contributed by atoms with Gasteiger partial charge in [-0.1, -0.05) is 30.1 Å². The molecule has 5 nitrogen and oxygen atoms in total. The van der Waals surface area contributed by atoms with Crippen LogP contribution in [0, 0.1) is 5.41 Å². The Morgan fingerprint density at radius 3 is 2.48 bits per heavy atom. The number of benzene rings is 1. The Balaban J connectivity index is 2.71. The van der Waals surface area contributed by atoms with Gasteiger partial charge in [-0.25, -0.2) is 4.79 Å².